The van der Waals surface area contributed by atoms with Crippen LogP contribution in [0.25, 0.3) is 0 Å². The second kappa shape index (κ2) is 4.14. The van der Waals surface area contributed by atoms with E-state index in [0.29, 0.717) is 12.1 Å². The Morgan fingerprint density at radius 3 is 2.40 bits per heavy atom. The lowest BCUT2D eigenvalue weighted by Gasteiger charge is -2.42. The second-order valence-electron chi connectivity index (χ2n) is 4.33. The molecule has 0 saturated carbocycles. The summed E-state index contributed by atoms with van der Waals surface area (Å²) in [6.07, 6.45) is 5.31. The van der Waals surface area contributed by atoms with Crippen LogP contribution in [0.4, 0.5) is 5.82 Å². The average molecular weight is 206 g/mol. The first kappa shape index (κ1) is 10.4. The minimum Gasteiger partial charge on any atom is -0.352 e. The van der Waals surface area contributed by atoms with E-state index in [9.17, 15) is 0 Å². The molecule has 1 fully saturated rings. The highest BCUT2D eigenvalue weighted by Gasteiger charge is 2.26. The monoisotopic (exact) mass is 206 g/mol. The molecular weight excluding hydrogens is 188 g/mol. The molecule has 0 aliphatic carbocycles. The van der Waals surface area contributed by atoms with Crippen LogP contribution >= 0.6 is 0 Å². The third-order valence-corrected chi connectivity index (χ3v) is 3.23. The van der Waals surface area contributed by atoms with Crippen molar-refractivity contribution in [2.45, 2.75) is 25.9 Å². The summed E-state index contributed by atoms with van der Waals surface area (Å²) >= 11 is 0. The summed E-state index contributed by atoms with van der Waals surface area (Å²) in [5.41, 5.74) is 0. The lowest BCUT2D eigenvalue weighted by atomic mass is 10.1. The Morgan fingerprint density at radius 1 is 1.20 bits per heavy atom. The Bertz CT molecular complexity index is 302. The van der Waals surface area contributed by atoms with Crippen molar-refractivity contribution in [1.29, 1.82) is 0 Å². The molecule has 1 aromatic heterocycles. The van der Waals surface area contributed by atoms with E-state index in [2.05, 4.69) is 40.7 Å². The first-order valence-corrected chi connectivity index (χ1v) is 5.41. The van der Waals surface area contributed by atoms with Crippen LogP contribution in [-0.2, 0) is 0 Å². The van der Waals surface area contributed by atoms with E-state index in [1.807, 2.05) is 6.20 Å². The Kier molecular flexibility index (Phi) is 2.86. The summed E-state index contributed by atoms with van der Waals surface area (Å²) in [5.74, 6) is 0.990. The average Bonchev–Trinajstić information content (AvgIpc) is 2.26. The van der Waals surface area contributed by atoms with Gasteiger partial charge in [-0.05, 0) is 20.9 Å². The second-order valence-corrected chi connectivity index (χ2v) is 4.33. The van der Waals surface area contributed by atoms with Gasteiger partial charge >= 0.3 is 0 Å². The van der Waals surface area contributed by atoms with Crippen molar-refractivity contribution in [1.82, 2.24) is 14.9 Å². The zero-order valence-electron chi connectivity index (χ0n) is 9.59. The standard InChI is InChI=1S/C11H18N4/c1-9-7-15(8-10(2)14(9)3)11-6-12-4-5-13-11/h4-6,9-10H,7-8H2,1-3H3. The maximum Gasteiger partial charge on any atom is 0.147 e. The highest BCUT2D eigenvalue weighted by Crippen LogP contribution is 2.18. The first-order chi connectivity index (χ1) is 7.18. The van der Waals surface area contributed by atoms with Crippen LogP contribution in [0.5, 0.6) is 0 Å². The zero-order chi connectivity index (χ0) is 10.8. The third kappa shape index (κ3) is 2.09. The molecule has 0 amide bonds. The predicted molar refractivity (Wildman–Crippen MR) is 60.9 cm³/mol. The van der Waals surface area contributed by atoms with E-state index < -0.39 is 0 Å². The van der Waals surface area contributed by atoms with Gasteiger partial charge in [-0.3, -0.25) is 9.88 Å². The quantitative estimate of drug-likeness (QED) is 0.686. The first-order valence-electron chi connectivity index (χ1n) is 5.41. The molecule has 0 aromatic carbocycles. The molecule has 1 aliphatic rings. The van der Waals surface area contributed by atoms with E-state index >= 15 is 0 Å². The van der Waals surface area contributed by atoms with E-state index in [1.54, 1.807) is 12.4 Å². The Labute approximate surface area is 90.9 Å². The van der Waals surface area contributed by atoms with Crippen molar-refractivity contribution in [3.05, 3.63) is 18.6 Å². The molecule has 0 N–H and O–H groups in total. The van der Waals surface area contributed by atoms with Gasteiger partial charge in [-0.25, -0.2) is 4.98 Å². The molecule has 4 nitrogen and oxygen atoms in total. The topological polar surface area (TPSA) is 32.3 Å². The number of anilines is 1. The Morgan fingerprint density at radius 2 is 1.87 bits per heavy atom. The summed E-state index contributed by atoms with van der Waals surface area (Å²) in [6, 6.07) is 1.13. The zero-order valence-corrected chi connectivity index (χ0v) is 9.59. The van der Waals surface area contributed by atoms with E-state index in [0.717, 1.165) is 18.9 Å². The summed E-state index contributed by atoms with van der Waals surface area (Å²) in [7, 11) is 2.18. The van der Waals surface area contributed by atoms with Crippen molar-refractivity contribution in [2.75, 3.05) is 25.0 Å². The number of nitrogens with zero attached hydrogens (tertiary/aromatic N) is 4. The Hall–Kier alpha value is -1.16. The van der Waals surface area contributed by atoms with Gasteiger partial charge < -0.3 is 4.90 Å². The number of hydrogen-bond donors (Lipinski definition) is 0. The molecule has 0 radical (unpaired) electrons. The number of likely N-dealkylation sites (N-methyl/N-ethyl adjacent to an activating group) is 1. The fourth-order valence-electron chi connectivity index (χ4n) is 2.05. The molecule has 0 spiro atoms. The number of aromatic nitrogens is 2. The molecule has 2 unspecified atom stereocenters. The Balaban J connectivity index is 2.13. The minimum atomic E-state index is 0.566. The van der Waals surface area contributed by atoms with Gasteiger partial charge in [0.1, 0.15) is 5.82 Å². The molecule has 1 aromatic rings. The molecular formula is C11H18N4. The fourth-order valence-corrected chi connectivity index (χ4v) is 2.05. The summed E-state index contributed by atoms with van der Waals surface area (Å²) < 4.78 is 0. The van der Waals surface area contributed by atoms with E-state index in [1.165, 1.54) is 0 Å². The van der Waals surface area contributed by atoms with Crippen molar-refractivity contribution >= 4 is 5.82 Å². The normalized spacial score (nSPS) is 28.1. The van der Waals surface area contributed by atoms with Crippen molar-refractivity contribution in [2.24, 2.45) is 0 Å². The molecule has 82 valence electrons. The van der Waals surface area contributed by atoms with Gasteiger partial charge in [-0.1, -0.05) is 0 Å². The van der Waals surface area contributed by atoms with Crippen molar-refractivity contribution < 1.29 is 0 Å². The molecule has 2 heterocycles. The fraction of sp³-hybridized carbons (Fsp3) is 0.636. The van der Waals surface area contributed by atoms with Crippen molar-refractivity contribution in [3.8, 4) is 0 Å². The van der Waals surface area contributed by atoms with Crippen LogP contribution in [-0.4, -0.2) is 47.1 Å². The molecule has 2 atom stereocenters. The van der Waals surface area contributed by atoms with Gasteiger partial charge in [0.05, 0.1) is 6.20 Å². The summed E-state index contributed by atoms with van der Waals surface area (Å²) in [6.45, 7) is 6.55. The van der Waals surface area contributed by atoms with Gasteiger partial charge in [0.15, 0.2) is 0 Å². The molecule has 1 saturated heterocycles. The van der Waals surface area contributed by atoms with Crippen LogP contribution in [0, 0.1) is 0 Å². The van der Waals surface area contributed by atoms with E-state index in [4.69, 9.17) is 0 Å². The molecule has 15 heavy (non-hydrogen) atoms. The van der Waals surface area contributed by atoms with Gasteiger partial charge in [-0.15, -0.1) is 0 Å². The van der Waals surface area contributed by atoms with Crippen LogP contribution in [0.1, 0.15) is 13.8 Å². The van der Waals surface area contributed by atoms with Gasteiger partial charge in [0.2, 0.25) is 0 Å². The molecule has 4 heteroatoms. The third-order valence-electron chi connectivity index (χ3n) is 3.23. The molecule has 0 bridgehead atoms. The number of piperazine rings is 1. The molecule has 2 rings (SSSR count). The number of hydrogen-bond acceptors (Lipinski definition) is 4. The predicted octanol–water partition coefficient (Wildman–Crippen LogP) is 1.01. The van der Waals surface area contributed by atoms with Crippen LogP contribution < -0.4 is 4.90 Å². The van der Waals surface area contributed by atoms with Crippen LogP contribution in [0.15, 0.2) is 18.6 Å². The van der Waals surface area contributed by atoms with Crippen LogP contribution in [0.2, 0.25) is 0 Å². The lowest BCUT2D eigenvalue weighted by molar-refractivity contribution is 0.169. The van der Waals surface area contributed by atoms with Gasteiger partial charge in [0.25, 0.3) is 0 Å². The minimum absolute atomic E-state index is 0.566. The van der Waals surface area contributed by atoms with Gasteiger partial charge in [-0.2, -0.15) is 0 Å². The maximum atomic E-state index is 4.34. The molecule has 1 aliphatic heterocycles. The van der Waals surface area contributed by atoms with Gasteiger partial charge in [0, 0.05) is 37.6 Å². The SMILES string of the molecule is CC1CN(c2cnccn2)CC(C)N1C. The summed E-state index contributed by atoms with van der Waals surface area (Å²) in [4.78, 5) is 13.2. The summed E-state index contributed by atoms with van der Waals surface area (Å²) in [5, 5.41) is 0. The van der Waals surface area contributed by atoms with E-state index in [-0.39, 0.29) is 0 Å². The smallest absolute Gasteiger partial charge is 0.147 e. The highest BCUT2D eigenvalue weighted by atomic mass is 15.3. The largest absolute Gasteiger partial charge is 0.352 e. The number of rotatable bonds is 1. The maximum absolute atomic E-state index is 4.34. The highest BCUT2D eigenvalue weighted by molar-refractivity contribution is 5.36. The van der Waals surface area contributed by atoms with Crippen molar-refractivity contribution in [3.63, 3.8) is 0 Å². The lowest BCUT2D eigenvalue weighted by Crippen LogP contribution is -2.55. The van der Waals surface area contributed by atoms with Crippen LogP contribution in [0.3, 0.4) is 0 Å².